The van der Waals surface area contributed by atoms with Gasteiger partial charge in [0.2, 0.25) is 5.89 Å². The third kappa shape index (κ3) is 5.55. The number of Topliss-reactive ketones (excluding diaryl/α,β-unsaturated/α-hetero) is 1. The van der Waals surface area contributed by atoms with Gasteiger partial charge < -0.3 is 14.0 Å². The van der Waals surface area contributed by atoms with E-state index < -0.39 is 0 Å². The summed E-state index contributed by atoms with van der Waals surface area (Å²) in [6, 6.07) is 0. The summed E-state index contributed by atoms with van der Waals surface area (Å²) in [5, 5.41) is 3.77. The van der Waals surface area contributed by atoms with E-state index in [1.807, 2.05) is 6.92 Å². The molecular weight excluding hydrogens is 224 g/mol. The summed E-state index contributed by atoms with van der Waals surface area (Å²) in [6.07, 6.45) is 1.28. The van der Waals surface area contributed by atoms with Crippen molar-refractivity contribution < 1.29 is 18.8 Å². The van der Waals surface area contributed by atoms with Crippen LogP contribution in [0, 0.1) is 0 Å². The molecule has 0 unspecified atom stereocenters. The molecule has 0 saturated carbocycles. The third-order valence-corrected chi connectivity index (χ3v) is 2.15. The van der Waals surface area contributed by atoms with Gasteiger partial charge in [-0.05, 0) is 0 Å². The molecule has 0 spiro atoms. The number of ketones is 1. The van der Waals surface area contributed by atoms with Crippen LogP contribution in [0.2, 0.25) is 0 Å². The van der Waals surface area contributed by atoms with E-state index in [9.17, 15) is 4.79 Å². The van der Waals surface area contributed by atoms with E-state index in [0.717, 1.165) is 0 Å². The lowest BCUT2D eigenvalue weighted by Crippen LogP contribution is -2.06. The molecule has 0 aliphatic heterocycles. The Labute approximate surface area is 100 Å². The van der Waals surface area contributed by atoms with Crippen molar-refractivity contribution in [3.05, 3.63) is 11.7 Å². The molecule has 6 heteroatoms. The molecule has 0 amide bonds. The second kappa shape index (κ2) is 7.92. The highest BCUT2D eigenvalue weighted by molar-refractivity contribution is 5.79. The lowest BCUT2D eigenvalue weighted by Gasteiger charge is -1.99. The summed E-state index contributed by atoms with van der Waals surface area (Å²) in [5.41, 5.74) is 0. The molecule has 0 N–H and O–H groups in total. The predicted octanol–water partition coefficient (Wildman–Crippen LogP) is 0.797. The fourth-order valence-electron chi connectivity index (χ4n) is 1.16. The van der Waals surface area contributed by atoms with Crippen LogP contribution in [-0.2, 0) is 27.1 Å². The van der Waals surface area contributed by atoms with Gasteiger partial charge in [-0.3, -0.25) is 4.79 Å². The molecule has 1 aromatic rings. The zero-order chi connectivity index (χ0) is 12.5. The summed E-state index contributed by atoms with van der Waals surface area (Å²) >= 11 is 0. The zero-order valence-corrected chi connectivity index (χ0v) is 10.3. The Kier molecular flexibility index (Phi) is 6.42. The van der Waals surface area contributed by atoms with Crippen LogP contribution in [0.4, 0.5) is 0 Å². The van der Waals surface area contributed by atoms with Gasteiger partial charge in [0.05, 0.1) is 26.2 Å². The van der Waals surface area contributed by atoms with Gasteiger partial charge in [0.1, 0.15) is 5.78 Å². The first-order valence-corrected chi connectivity index (χ1v) is 5.66. The normalized spacial score (nSPS) is 10.7. The number of hydrogen-bond donors (Lipinski definition) is 0. The summed E-state index contributed by atoms with van der Waals surface area (Å²) in [4.78, 5) is 15.3. The standard InChI is InChI=1S/C11H18N2O4/c1-3-9(14)8-11-12-10(13-17-11)4-5-16-7-6-15-2/h3-8H2,1-2H3. The largest absolute Gasteiger partial charge is 0.382 e. The summed E-state index contributed by atoms with van der Waals surface area (Å²) in [7, 11) is 1.62. The molecule has 0 atom stereocenters. The van der Waals surface area contributed by atoms with Crippen LogP contribution in [-0.4, -0.2) is 42.9 Å². The minimum Gasteiger partial charge on any atom is -0.382 e. The van der Waals surface area contributed by atoms with Crippen molar-refractivity contribution in [1.82, 2.24) is 10.1 Å². The van der Waals surface area contributed by atoms with Crippen molar-refractivity contribution in [3.8, 4) is 0 Å². The minimum atomic E-state index is 0.0940. The quantitative estimate of drug-likeness (QED) is 0.596. The second-order valence-corrected chi connectivity index (χ2v) is 3.53. The van der Waals surface area contributed by atoms with Crippen molar-refractivity contribution in [1.29, 1.82) is 0 Å². The number of carbonyl (C=O) groups is 1. The SMILES string of the molecule is CCC(=O)Cc1nc(CCOCCOC)no1. The molecule has 0 aliphatic carbocycles. The van der Waals surface area contributed by atoms with Crippen molar-refractivity contribution in [3.63, 3.8) is 0 Å². The van der Waals surface area contributed by atoms with Crippen LogP contribution in [0.25, 0.3) is 0 Å². The smallest absolute Gasteiger partial charge is 0.234 e. The topological polar surface area (TPSA) is 74.5 Å². The van der Waals surface area contributed by atoms with Gasteiger partial charge in [0, 0.05) is 20.0 Å². The molecule has 0 aliphatic rings. The van der Waals surface area contributed by atoms with Crippen LogP contribution in [0.5, 0.6) is 0 Å². The Bertz CT molecular complexity index is 338. The highest BCUT2D eigenvalue weighted by Gasteiger charge is 2.09. The number of aromatic nitrogens is 2. The molecule has 1 heterocycles. The van der Waals surface area contributed by atoms with Crippen molar-refractivity contribution in [2.24, 2.45) is 0 Å². The zero-order valence-electron chi connectivity index (χ0n) is 10.3. The molecule has 17 heavy (non-hydrogen) atoms. The highest BCUT2D eigenvalue weighted by Crippen LogP contribution is 2.01. The van der Waals surface area contributed by atoms with E-state index in [-0.39, 0.29) is 12.2 Å². The molecule has 1 rings (SSSR count). The van der Waals surface area contributed by atoms with Gasteiger partial charge in [-0.2, -0.15) is 4.98 Å². The lowest BCUT2D eigenvalue weighted by molar-refractivity contribution is -0.118. The van der Waals surface area contributed by atoms with Crippen LogP contribution in [0.15, 0.2) is 4.52 Å². The van der Waals surface area contributed by atoms with E-state index in [2.05, 4.69) is 10.1 Å². The van der Waals surface area contributed by atoms with Gasteiger partial charge in [0.15, 0.2) is 5.82 Å². The first-order valence-electron chi connectivity index (χ1n) is 5.66. The average molecular weight is 242 g/mol. The Hall–Kier alpha value is -1.27. The molecule has 0 fully saturated rings. The van der Waals surface area contributed by atoms with E-state index in [4.69, 9.17) is 14.0 Å². The van der Waals surface area contributed by atoms with E-state index in [1.54, 1.807) is 7.11 Å². The van der Waals surface area contributed by atoms with Crippen LogP contribution < -0.4 is 0 Å². The summed E-state index contributed by atoms with van der Waals surface area (Å²) in [5.74, 6) is 1.04. The summed E-state index contributed by atoms with van der Waals surface area (Å²) in [6.45, 7) is 3.45. The van der Waals surface area contributed by atoms with Crippen molar-refractivity contribution >= 4 is 5.78 Å². The van der Waals surface area contributed by atoms with Crippen molar-refractivity contribution in [2.75, 3.05) is 26.9 Å². The number of nitrogens with zero attached hydrogens (tertiary/aromatic N) is 2. The maximum Gasteiger partial charge on any atom is 0.234 e. The Morgan fingerprint density at radius 3 is 2.88 bits per heavy atom. The van der Waals surface area contributed by atoms with E-state index >= 15 is 0 Å². The van der Waals surface area contributed by atoms with Gasteiger partial charge in [-0.25, -0.2) is 0 Å². The molecule has 6 nitrogen and oxygen atoms in total. The Morgan fingerprint density at radius 2 is 2.18 bits per heavy atom. The molecule has 1 aromatic heterocycles. The van der Waals surface area contributed by atoms with E-state index in [0.29, 0.717) is 44.4 Å². The molecule has 0 aromatic carbocycles. The maximum absolute atomic E-state index is 11.2. The number of carbonyl (C=O) groups excluding carboxylic acids is 1. The first kappa shape index (κ1) is 13.8. The molecule has 0 saturated heterocycles. The van der Waals surface area contributed by atoms with Crippen molar-refractivity contribution in [2.45, 2.75) is 26.2 Å². The van der Waals surface area contributed by atoms with Crippen LogP contribution in [0.3, 0.4) is 0 Å². The van der Waals surface area contributed by atoms with Crippen LogP contribution >= 0.6 is 0 Å². The highest BCUT2D eigenvalue weighted by atomic mass is 16.5. The molecule has 96 valence electrons. The van der Waals surface area contributed by atoms with Gasteiger partial charge >= 0.3 is 0 Å². The third-order valence-electron chi connectivity index (χ3n) is 2.15. The number of hydrogen-bond acceptors (Lipinski definition) is 6. The maximum atomic E-state index is 11.2. The monoisotopic (exact) mass is 242 g/mol. The Morgan fingerprint density at radius 1 is 1.35 bits per heavy atom. The fraction of sp³-hybridized carbons (Fsp3) is 0.727. The minimum absolute atomic E-state index is 0.0940. The number of rotatable bonds is 9. The van der Waals surface area contributed by atoms with Gasteiger partial charge in [0.25, 0.3) is 0 Å². The first-order chi connectivity index (χ1) is 8.26. The molecule has 0 bridgehead atoms. The number of ether oxygens (including phenoxy) is 2. The fourth-order valence-corrected chi connectivity index (χ4v) is 1.16. The second-order valence-electron chi connectivity index (χ2n) is 3.53. The average Bonchev–Trinajstić information content (AvgIpc) is 2.76. The lowest BCUT2D eigenvalue weighted by atomic mass is 10.2. The molecule has 0 radical (unpaired) electrons. The van der Waals surface area contributed by atoms with Gasteiger partial charge in [-0.1, -0.05) is 12.1 Å². The predicted molar refractivity (Wildman–Crippen MR) is 59.7 cm³/mol. The van der Waals surface area contributed by atoms with E-state index in [1.165, 1.54) is 0 Å². The van der Waals surface area contributed by atoms with Gasteiger partial charge in [-0.15, -0.1) is 0 Å². The number of methoxy groups -OCH3 is 1. The summed E-state index contributed by atoms with van der Waals surface area (Å²) < 4.78 is 15.1. The Balaban J connectivity index is 2.23. The molecular formula is C11H18N2O4. The van der Waals surface area contributed by atoms with Crippen LogP contribution in [0.1, 0.15) is 25.1 Å².